The Morgan fingerprint density at radius 3 is 2.44 bits per heavy atom. The predicted octanol–water partition coefficient (Wildman–Crippen LogP) is 4.32. The number of carbonyl (C=O) groups excluding carboxylic acids is 1. The van der Waals surface area contributed by atoms with Gasteiger partial charge in [0.25, 0.3) is 5.91 Å². The average molecular weight is 476 g/mol. The monoisotopic (exact) mass is 475 g/mol. The molecule has 1 amide bonds. The van der Waals surface area contributed by atoms with Crippen LogP contribution < -0.4 is 20.1 Å². The molecule has 0 unspecified atom stereocenters. The fourth-order valence-corrected chi connectivity index (χ4v) is 5.04. The van der Waals surface area contributed by atoms with Gasteiger partial charge in [-0.2, -0.15) is 0 Å². The first-order valence-electron chi connectivity index (χ1n) is 11.1. The van der Waals surface area contributed by atoms with Crippen molar-refractivity contribution in [3.05, 3.63) is 83.9 Å². The van der Waals surface area contributed by atoms with Crippen LogP contribution in [0.15, 0.2) is 77.7 Å². The Labute approximate surface area is 198 Å². The van der Waals surface area contributed by atoms with Crippen molar-refractivity contribution in [2.24, 2.45) is 5.92 Å². The van der Waals surface area contributed by atoms with Gasteiger partial charge >= 0.3 is 0 Å². The molecule has 1 aliphatic heterocycles. The van der Waals surface area contributed by atoms with Gasteiger partial charge in [0.15, 0.2) is 0 Å². The molecule has 3 aromatic carbocycles. The van der Waals surface area contributed by atoms with E-state index in [9.17, 15) is 13.2 Å². The topological polar surface area (TPSA) is 96.5 Å². The number of nitrogens with one attached hydrogen (secondary N) is 3. The zero-order chi connectivity index (χ0) is 23.7. The van der Waals surface area contributed by atoms with Crippen molar-refractivity contribution in [3.8, 4) is 5.75 Å². The van der Waals surface area contributed by atoms with Crippen molar-refractivity contribution in [3.63, 3.8) is 0 Å². The molecule has 0 spiro atoms. The van der Waals surface area contributed by atoms with Crippen molar-refractivity contribution in [2.45, 2.75) is 17.7 Å². The van der Waals surface area contributed by atoms with Crippen LogP contribution in [-0.4, -0.2) is 28.0 Å². The van der Waals surface area contributed by atoms with Gasteiger partial charge in [-0.25, -0.2) is 13.1 Å². The minimum absolute atomic E-state index is 0.137. The number of carbonyl (C=O) groups is 1. The molecule has 3 aromatic rings. The van der Waals surface area contributed by atoms with Crippen LogP contribution in [0.1, 0.15) is 24.0 Å². The number of methoxy groups -OCH3 is 1. The fourth-order valence-electron chi connectivity index (χ4n) is 3.90. The highest BCUT2D eigenvalue weighted by Gasteiger charge is 2.31. The zero-order valence-electron chi connectivity index (χ0n) is 18.7. The summed E-state index contributed by atoms with van der Waals surface area (Å²) in [7, 11) is -2.08. The second kappa shape index (κ2) is 8.96. The van der Waals surface area contributed by atoms with Crippen LogP contribution in [0, 0.1) is 5.92 Å². The molecular formula is C26H25N3O4S. The molecule has 0 aromatic heterocycles. The summed E-state index contributed by atoms with van der Waals surface area (Å²) >= 11 is 0. The smallest absolute Gasteiger partial charge is 0.258 e. The Balaban J connectivity index is 1.59. The van der Waals surface area contributed by atoms with Crippen LogP contribution in [0.5, 0.6) is 5.75 Å². The second-order valence-electron chi connectivity index (χ2n) is 8.43. The molecule has 0 bridgehead atoms. The van der Waals surface area contributed by atoms with E-state index in [-0.39, 0.29) is 10.8 Å². The average Bonchev–Trinajstić information content (AvgIpc) is 3.63. The number of hydrogen-bond donors (Lipinski definition) is 3. The van der Waals surface area contributed by atoms with E-state index in [2.05, 4.69) is 15.4 Å². The Morgan fingerprint density at radius 2 is 1.76 bits per heavy atom. The van der Waals surface area contributed by atoms with Crippen molar-refractivity contribution >= 4 is 38.6 Å². The lowest BCUT2D eigenvalue weighted by Gasteiger charge is -2.15. The SMILES string of the molecule is COc1ccc(N/C(=C2\C(=O)Nc3ccc(S(=O)(=O)NCC4CC4)cc32)c2ccccc2)cc1. The minimum atomic E-state index is -3.68. The van der Waals surface area contributed by atoms with Gasteiger partial charge in [0.1, 0.15) is 5.75 Å². The Morgan fingerprint density at radius 1 is 1.03 bits per heavy atom. The highest BCUT2D eigenvalue weighted by atomic mass is 32.2. The van der Waals surface area contributed by atoms with Gasteiger partial charge in [0.2, 0.25) is 10.0 Å². The first kappa shape index (κ1) is 22.2. The summed E-state index contributed by atoms with van der Waals surface area (Å²) < 4.78 is 33.7. The number of rotatable bonds is 8. The lowest BCUT2D eigenvalue weighted by atomic mass is 10.00. The summed E-state index contributed by atoms with van der Waals surface area (Å²) in [5.41, 5.74) is 3.66. The number of amides is 1. The highest BCUT2D eigenvalue weighted by Crippen LogP contribution is 2.39. The molecule has 34 heavy (non-hydrogen) atoms. The van der Waals surface area contributed by atoms with Crippen LogP contribution >= 0.6 is 0 Å². The van der Waals surface area contributed by atoms with E-state index in [0.29, 0.717) is 35.0 Å². The van der Waals surface area contributed by atoms with Gasteiger partial charge in [-0.05, 0) is 66.8 Å². The van der Waals surface area contributed by atoms with Crippen molar-refractivity contribution in [1.29, 1.82) is 0 Å². The third kappa shape index (κ3) is 4.55. The third-order valence-electron chi connectivity index (χ3n) is 5.98. The maximum atomic E-state index is 13.1. The maximum absolute atomic E-state index is 13.1. The van der Waals surface area contributed by atoms with Crippen LogP contribution in [0.4, 0.5) is 11.4 Å². The summed E-state index contributed by atoms with van der Waals surface area (Å²) in [6, 6.07) is 21.6. The van der Waals surface area contributed by atoms with Gasteiger partial charge in [-0.15, -0.1) is 0 Å². The molecule has 0 saturated heterocycles. The predicted molar refractivity (Wildman–Crippen MR) is 133 cm³/mol. The summed E-state index contributed by atoms with van der Waals surface area (Å²) in [6.07, 6.45) is 2.10. The molecule has 3 N–H and O–H groups in total. The number of sulfonamides is 1. The molecule has 5 rings (SSSR count). The standard InChI is InChI=1S/C26H25N3O4S/c1-33-20-11-9-19(10-12-20)28-25(18-5-3-2-4-6-18)24-22-15-21(13-14-23(22)29-26(24)30)34(31,32)27-16-17-7-8-17/h2-6,9-15,17,27-28H,7-8,16H2,1H3,(H,29,30)/b25-24-. The molecule has 1 heterocycles. The first-order chi connectivity index (χ1) is 16.4. The van der Waals surface area contributed by atoms with E-state index in [1.54, 1.807) is 19.2 Å². The summed E-state index contributed by atoms with van der Waals surface area (Å²) in [4.78, 5) is 13.3. The lowest BCUT2D eigenvalue weighted by Crippen LogP contribution is -2.25. The van der Waals surface area contributed by atoms with Crippen molar-refractivity contribution in [2.75, 3.05) is 24.3 Å². The Hall–Kier alpha value is -3.62. The van der Waals surface area contributed by atoms with Gasteiger partial charge in [0, 0.05) is 23.5 Å². The molecule has 174 valence electrons. The van der Waals surface area contributed by atoms with Crippen molar-refractivity contribution in [1.82, 2.24) is 4.72 Å². The molecule has 0 radical (unpaired) electrons. The Bertz CT molecular complexity index is 1360. The van der Waals surface area contributed by atoms with E-state index in [1.807, 2.05) is 54.6 Å². The molecule has 7 nitrogen and oxygen atoms in total. The highest BCUT2D eigenvalue weighted by molar-refractivity contribution is 7.89. The van der Waals surface area contributed by atoms with E-state index in [4.69, 9.17) is 4.74 Å². The van der Waals surface area contributed by atoms with Crippen LogP contribution in [0.3, 0.4) is 0 Å². The zero-order valence-corrected chi connectivity index (χ0v) is 19.5. The largest absolute Gasteiger partial charge is 0.497 e. The van der Waals surface area contributed by atoms with E-state index in [1.165, 1.54) is 6.07 Å². The number of fused-ring (bicyclic) bond motifs is 1. The molecule has 2 aliphatic rings. The number of ether oxygens (including phenoxy) is 1. The normalized spacial score (nSPS) is 16.6. The molecule has 1 saturated carbocycles. The van der Waals surface area contributed by atoms with Crippen LogP contribution in [-0.2, 0) is 14.8 Å². The molecular weight excluding hydrogens is 450 g/mol. The quantitative estimate of drug-likeness (QED) is 0.422. The minimum Gasteiger partial charge on any atom is -0.497 e. The molecule has 0 atom stereocenters. The summed E-state index contributed by atoms with van der Waals surface area (Å²) in [6.45, 7) is 0.438. The lowest BCUT2D eigenvalue weighted by molar-refractivity contribution is -0.110. The van der Waals surface area contributed by atoms with Gasteiger partial charge in [-0.1, -0.05) is 30.3 Å². The van der Waals surface area contributed by atoms with Crippen molar-refractivity contribution < 1.29 is 17.9 Å². The first-order valence-corrected chi connectivity index (χ1v) is 12.6. The maximum Gasteiger partial charge on any atom is 0.258 e. The van der Waals surface area contributed by atoms with Gasteiger partial charge in [0.05, 0.1) is 23.3 Å². The second-order valence-corrected chi connectivity index (χ2v) is 10.2. The van der Waals surface area contributed by atoms with E-state index >= 15 is 0 Å². The molecule has 1 fully saturated rings. The fraction of sp³-hybridized carbons (Fsp3) is 0.192. The number of hydrogen-bond acceptors (Lipinski definition) is 5. The number of benzene rings is 3. The summed E-state index contributed by atoms with van der Waals surface area (Å²) in [5, 5.41) is 6.23. The van der Waals surface area contributed by atoms with E-state index in [0.717, 1.165) is 29.8 Å². The van der Waals surface area contributed by atoms with Gasteiger partial charge < -0.3 is 15.4 Å². The Kier molecular flexibility index (Phi) is 5.85. The third-order valence-corrected chi connectivity index (χ3v) is 7.40. The van der Waals surface area contributed by atoms with E-state index < -0.39 is 10.0 Å². The van der Waals surface area contributed by atoms with Crippen LogP contribution in [0.25, 0.3) is 11.3 Å². The molecule has 1 aliphatic carbocycles. The van der Waals surface area contributed by atoms with Crippen LogP contribution in [0.2, 0.25) is 0 Å². The van der Waals surface area contributed by atoms with Gasteiger partial charge in [-0.3, -0.25) is 4.79 Å². The number of anilines is 2. The summed E-state index contributed by atoms with van der Waals surface area (Å²) in [5.74, 6) is 0.841. The molecule has 8 heteroatoms.